The highest BCUT2D eigenvalue weighted by Crippen LogP contribution is 2.49. The third-order valence-corrected chi connectivity index (χ3v) is 7.57. The van der Waals surface area contributed by atoms with Crippen LogP contribution in [-0.4, -0.2) is 11.0 Å². The number of rotatable bonds is 2. The molecule has 2 heterocycles. The van der Waals surface area contributed by atoms with Crippen molar-refractivity contribution in [3.63, 3.8) is 0 Å². The Hall–Kier alpha value is -3.78. The summed E-state index contributed by atoms with van der Waals surface area (Å²) in [6.07, 6.45) is 12.6. The van der Waals surface area contributed by atoms with Crippen LogP contribution in [0.3, 0.4) is 0 Å². The molecule has 0 spiro atoms. The summed E-state index contributed by atoms with van der Waals surface area (Å²) in [5.41, 5.74) is 10.8. The molecule has 0 saturated heterocycles. The summed E-state index contributed by atoms with van der Waals surface area (Å²) in [5, 5.41) is 1.33. The molecule has 3 aliphatic rings. The molecule has 0 radical (unpaired) electrons. The summed E-state index contributed by atoms with van der Waals surface area (Å²) in [4.78, 5) is 6.17. The molecule has 33 heavy (non-hydrogen) atoms. The molecule has 160 valence electrons. The zero-order chi connectivity index (χ0) is 21.9. The van der Waals surface area contributed by atoms with Crippen molar-refractivity contribution in [2.45, 2.75) is 31.2 Å². The Morgan fingerprint density at radius 2 is 1.70 bits per heavy atom. The Labute approximate surface area is 194 Å². The van der Waals surface area contributed by atoms with E-state index in [1.54, 1.807) is 0 Å². The number of para-hydroxylation sites is 2. The van der Waals surface area contributed by atoms with E-state index in [4.69, 9.17) is 0 Å². The van der Waals surface area contributed by atoms with Crippen molar-refractivity contribution in [2.75, 3.05) is 4.90 Å². The van der Waals surface area contributed by atoms with Gasteiger partial charge in [-0.05, 0) is 59.5 Å². The van der Waals surface area contributed by atoms with Gasteiger partial charge < -0.3 is 9.88 Å². The van der Waals surface area contributed by atoms with Gasteiger partial charge in [-0.25, -0.2) is 0 Å². The Kier molecular flexibility index (Phi) is 4.04. The molecule has 3 aromatic carbocycles. The number of hydrogen-bond acceptors (Lipinski definition) is 1. The van der Waals surface area contributed by atoms with Gasteiger partial charge in [-0.2, -0.15) is 0 Å². The average molecular weight is 427 g/mol. The summed E-state index contributed by atoms with van der Waals surface area (Å²) in [7, 11) is 0. The van der Waals surface area contributed by atoms with E-state index in [-0.39, 0.29) is 0 Å². The monoisotopic (exact) mass is 426 g/mol. The predicted molar refractivity (Wildman–Crippen MR) is 139 cm³/mol. The van der Waals surface area contributed by atoms with E-state index in [9.17, 15) is 0 Å². The fourth-order valence-electron chi connectivity index (χ4n) is 6.03. The third kappa shape index (κ3) is 2.80. The van der Waals surface area contributed by atoms with Crippen LogP contribution in [0.2, 0.25) is 0 Å². The van der Waals surface area contributed by atoms with Gasteiger partial charge in [-0.3, -0.25) is 0 Å². The molecule has 0 bridgehead atoms. The highest BCUT2D eigenvalue weighted by molar-refractivity contribution is 5.98. The van der Waals surface area contributed by atoms with Crippen LogP contribution in [0, 0.1) is 0 Å². The average Bonchev–Trinajstić information content (AvgIpc) is 3.40. The van der Waals surface area contributed by atoms with Gasteiger partial charge in [0.25, 0.3) is 0 Å². The van der Waals surface area contributed by atoms with Crippen LogP contribution in [0.5, 0.6) is 0 Å². The fourth-order valence-corrected chi connectivity index (χ4v) is 6.03. The molecule has 0 fully saturated rings. The van der Waals surface area contributed by atoms with Crippen LogP contribution in [0.25, 0.3) is 22.6 Å². The van der Waals surface area contributed by atoms with E-state index in [2.05, 4.69) is 120 Å². The fraction of sp³-hybridized carbons (Fsp3) is 0.161. The number of nitrogens with zero attached hydrogens (tertiary/aromatic N) is 1. The number of fused-ring (bicyclic) bond motifs is 6. The van der Waals surface area contributed by atoms with Crippen molar-refractivity contribution in [3.05, 3.63) is 119 Å². The van der Waals surface area contributed by atoms with Crippen LogP contribution < -0.4 is 4.90 Å². The van der Waals surface area contributed by atoms with Crippen LogP contribution in [0.1, 0.15) is 47.6 Å². The first-order chi connectivity index (χ1) is 16.3. The molecule has 1 aromatic heterocycles. The first-order valence-corrected chi connectivity index (χ1v) is 11.9. The first kappa shape index (κ1) is 18.8. The predicted octanol–water partition coefficient (Wildman–Crippen LogP) is 7.95. The highest BCUT2D eigenvalue weighted by atomic mass is 15.2. The summed E-state index contributed by atoms with van der Waals surface area (Å²) in [6, 6.07) is 26.9. The molecule has 2 nitrogen and oxygen atoms in total. The number of H-pyrrole nitrogens is 1. The quantitative estimate of drug-likeness (QED) is 0.345. The minimum absolute atomic E-state index is 0.335. The molecule has 1 aliphatic heterocycles. The number of anilines is 2. The lowest BCUT2D eigenvalue weighted by atomic mass is 9.83. The number of hydrogen-bond donors (Lipinski definition) is 1. The van der Waals surface area contributed by atoms with Gasteiger partial charge in [0, 0.05) is 45.4 Å². The Balaban J connectivity index is 1.36. The molecule has 7 rings (SSSR count). The lowest BCUT2D eigenvalue weighted by Gasteiger charge is -2.28. The summed E-state index contributed by atoms with van der Waals surface area (Å²) < 4.78 is 0. The van der Waals surface area contributed by atoms with Gasteiger partial charge in [-0.15, -0.1) is 0 Å². The van der Waals surface area contributed by atoms with Crippen LogP contribution in [-0.2, 0) is 0 Å². The standard InChI is InChI=1S/C31H26N2/c1-20-17-22(19-27-24-11-5-7-13-28(24)32-31(20)27)21-15-16-30-26(18-21)25-12-6-8-14-29(25)33(30)23-9-3-2-4-10-23/h2-16,18-20,25,29,32H,17H2,1H3. The van der Waals surface area contributed by atoms with Crippen LogP contribution >= 0.6 is 0 Å². The van der Waals surface area contributed by atoms with Gasteiger partial charge >= 0.3 is 0 Å². The molecule has 2 aliphatic carbocycles. The normalized spacial score (nSPS) is 22.8. The van der Waals surface area contributed by atoms with Gasteiger partial charge in [0.15, 0.2) is 0 Å². The summed E-state index contributed by atoms with van der Waals surface area (Å²) in [5.74, 6) is 0.863. The van der Waals surface area contributed by atoms with E-state index in [1.807, 2.05) is 0 Å². The number of allylic oxidation sites excluding steroid dienone is 3. The van der Waals surface area contributed by atoms with Crippen molar-refractivity contribution < 1.29 is 0 Å². The zero-order valence-corrected chi connectivity index (χ0v) is 18.7. The summed E-state index contributed by atoms with van der Waals surface area (Å²) in [6.45, 7) is 2.34. The minimum atomic E-state index is 0.335. The molecule has 1 N–H and O–H groups in total. The second-order valence-electron chi connectivity index (χ2n) is 9.54. The molecule has 4 aromatic rings. The van der Waals surface area contributed by atoms with Crippen molar-refractivity contribution in [1.29, 1.82) is 0 Å². The smallest absolute Gasteiger partial charge is 0.0629 e. The van der Waals surface area contributed by atoms with Gasteiger partial charge in [0.2, 0.25) is 0 Å². The number of aromatic nitrogens is 1. The Morgan fingerprint density at radius 1 is 0.879 bits per heavy atom. The van der Waals surface area contributed by atoms with Crippen molar-refractivity contribution in [2.24, 2.45) is 0 Å². The lowest BCUT2D eigenvalue weighted by molar-refractivity contribution is 0.744. The van der Waals surface area contributed by atoms with Crippen molar-refractivity contribution >= 4 is 33.9 Å². The third-order valence-electron chi connectivity index (χ3n) is 7.57. The van der Waals surface area contributed by atoms with Crippen molar-refractivity contribution in [3.8, 4) is 0 Å². The van der Waals surface area contributed by atoms with Crippen molar-refractivity contribution in [1.82, 2.24) is 4.98 Å². The highest BCUT2D eigenvalue weighted by Gasteiger charge is 2.37. The van der Waals surface area contributed by atoms with Gasteiger partial charge in [-0.1, -0.05) is 73.7 Å². The molecule has 2 heteroatoms. The van der Waals surface area contributed by atoms with E-state index in [0.29, 0.717) is 17.9 Å². The molecule has 3 atom stereocenters. The summed E-state index contributed by atoms with van der Waals surface area (Å²) >= 11 is 0. The molecule has 0 amide bonds. The zero-order valence-electron chi connectivity index (χ0n) is 18.7. The second kappa shape index (κ2) is 7.11. The first-order valence-electron chi connectivity index (χ1n) is 11.9. The van der Waals surface area contributed by atoms with Gasteiger partial charge in [0.05, 0.1) is 6.04 Å². The largest absolute Gasteiger partial charge is 0.358 e. The maximum absolute atomic E-state index is 3.67. The molecule has 0 saturated carbocycles. The number of benzene rings is 3. The maximum atomic E-state index is 3.67. The second-order valence-corrected chi connectivity index (χ2v) is 9.54. The van der Waals surface area contributed by atoms with Gasteiger partial charge in [0.1, 0.15) is 0 Å². The number of nitrogens with one attached hydrogen (secondary N) is 1. The molecular formula is C31H26N2. The van der Waals surface area contributed by atoms with E-state index in [1.165, 1.54) is 50.2 Å². The molecule has 3 unspecified atom stereocenters. The van der Waals surface area contributed by atoms with Crippen LogP contribution in [0.4, 0.5) is 11.4 Å². The topological polar surface area (TPSA) is 19.0 Å². The van der Waals surface area contributed by atoms with Crippen LogP contribution in [0.15, 0.2) is 97.1 Å². The molecular weight excluding hydrogens is 400 g/mol. The Bertz CT molecular complexity index is 1470. The lowest BCUT2D eigenvalue weighted by Crippen LogP contribution is -2.28. The van der Waals surface area contributed by atoms with E-state index in [0.717, 1.165) is 6.42 Å². The van der Waals surface area contributed by atoms with E-state index < -0.39 is 0 Å². The SMILES string of the molecule is CC1CC(c2ccc3c(c2)C2C=CC=CC2N3c2ccccc2)=Cc2c1[nH]c1ccccc21. The van der Waals surface area contributed by atoms with E-state index >= 15 is 0 Å². The Morgan fingerprint density at radius 3 is 2.61 bits per heavy atom. The minimum Gasteiger partial charge on any atom is -0.358 e. The maximum Gasteiger partial charge on any atom is 0.0629 e. The number of aromatic amines is 1.